The molecule has 2 aromatic heterocycles. The molecule has 32 heavy (non-hydrogen) atoms. The molecule has 0 spiro atoms. The molecule has 1 fully saturated rings. The number of aryl methyl sites for hydroxylation is 1. The van der Waals surface area contributed by atoms with Crippen LogP contribution in [0.1, 0.15) is 43.6 Å². The largest absolute Gasteiger partial charge is 0.353 e. The van der Waals surface area contributed by atoms with E-state index in [1.807, 2.05) is 4.90 Å². The first kappa shape index (κ1) is 23.0. The van der Waals surface area contributed by atoms with E-state index in [-0.39, 0.29) is 29.2 Å². The van der Waals surface area contributed by atoms with E-state index in [9.17, 15) is 14.4 Å². The molecule has 1 saturated heterocycles. The SMILES string of the molecule is C=CCn1c(SCC(=O)NC2CCN(C(C)=O)CC2)nc2sc3c(c2c1=O)CCC(C)C3. The third-order valence-electron chi connectivity index (χ3n) is 6.33. The van der Waals surface area contributed by atoms with Gasteiger partial charge in [-0.25, -0.2) is 4.98 Å². The van der Waals surface area contributed by atoms with E-state index >= 15 is 0 Å². The molecule has 2 aliphatic rings. The maximum absolute atomic E-state index is 13.3. The van der Waals surface area contributed by atoms with Gasteiger partial charge in [-0.2, -0.15) is 0 Å². The van der Waals surface area contributed by atoms with Crippen LogP contribution in [0.3, 0.4) is 0 Å². The number of carbonyl (C=O) groups excluding carboxylic acids is 2. The van der Waals surface area contributed by atoms with Crippen LogP contribution in [0.15, 0.2) is 22.6 Å². The second-order valence-corrected chi connectivity index (χ2v) is 10.8. The fraction of sp³-hybridized carbons (Fsp3) is 0.565. The van der Waals surface area contributed by atoms with Gasteiger partial charge in [-0.1, -0.05) is 24.8 Å². The van der Waals surface area contributed by atoms with Crippen LogP contribution in [0.25, 0.3) is 10.2 Å². The van der Waals surface area contributed by atoms with Gasteiger partial charge in [0.15, 0.2) is 5.16 Å². The number of nitrogens with zero attached hydrogens (tertiary/aromatic N) is 3. The fourth-order valence-corrected chi connectivity index (χ4v) is 6.79. The minimum Gasteiger partial charge on any atom is -0.353 e. The molecule has 9 heteroatoms. The molecule has 1 N–H and O–H groups in total. The predicted molar refractivity (Wildman–Crippen MR) is 129 cm³/mol. The van der Waals surface area contributed by atoms with Crippen molar-refractivity contribution in [3.63, 3.8) is 0 Å². The van der Waals surface area contributed by atoms with Crippen molar-refractivity contribution in [2.45, 2.75) is 63.7 Å². The van der Waals surface area contributed by atoms with Crippen molar-refractivity contribution in [1.82, 2.24) is 19.8 Å². The lowest BCUT2D eigenvalue weighted by molar-refractivity contribution is -0.130. The molecule has 3 heterocycles. The molecular formula is C23H30N4O3S2. The first-order valence-corrected chi connectivity index (χ1v) is 13.0. The van der Waals surface area contributed by atoms with Gasteiger partial charge in [-0.3, -0.25) is 19.0 Å². The number of amides is 2. The highest BCUT2D eigenvalue weighted by Gasteiger charge is 2.25. The van der Waals surface area contributed by atoms with Crippen LogP contribution < -0.4 is 10.9 Å². The number of hydrogen-bond donors (Lipinski definition) is 1. The predicted octanol–water partition coefficient (Wildman–Crippen LogP) is 2.99. The maximum Gasteiger partial charge on any atom is 0.263 e. The minimum atomic E-state index is -0.0740. The first-order chi connectivity index (χ1) is 15.4. The van der Waals surface area contributed by atoms with Gasteiger partial charge in [0.25, 0.3) is 5.56 Å². The highest BCUT2D eigenvalue weighted by Crippen LogP contribution is 2.36. The molecule has 1 aliphatic heterocycles. The summed E-state index contributed by atoms with van der Waals surface area (Å²) in [5, 5.41) is 4.39. The number of fused-ring (bicyclic) bond motifs is 3. The number of rotatable bonds is 6. The number of carbonyl (C=O) groups is 2. The molecule has 1 unspecified atom stereocenters. The second-order valence-electron chi connectivity index (χ2n) is 8.77. The Kier molecular flexibility index (Phi) is 7.05. The molecule has 1 atom stereocenters. The zero-order chi connectivity index (χ0) is 22.8. The minimum absolute atomic E-state index is 0.0264. The van der Waals surface area contributed by atoms with E-state index in [0.29, 0.717) is 30.7 Å². The molecule has 172 valence electrons. The number of likely N-dealkylation sites (tertiary alicyclic amines) is 1. The summed E-state index contributed by atoms with van der Waals surface area (Å²) in [7, 11) is 0. The van der Waals surface area contributed by atoms with Crippen LogP contribution in [0, 0.1) is 5.92 Å². The molecule has 0 radical (unpaired) electrons. The van der Waals surface area contributed by atoms with E-state index in [1.165, 1.54) is 22.2 Å². The monoisotopic (exact) mass is 474 g/mol. The fourth-order valence-electron chi connectivity index (χ4n) is 4.54. The normalized spacial score (nSPS) is 19.1. The zero-order valence-electron chi connectivity index (χ0n) is 18.7. The Morgan fingerprint density at radius 3 is 2.75 bits per heavy atom. The van der Waals surface area contributed by atoms with Crippen molar-refractivity contribution in [3.8, 4) is 0 Å². The summed E-state index contributed by atoms with van der Waals surface area (Å²) in [5.74, 6) is 0.835. The lowest BCUT2D eigenvalue weighted by atomic mass is 9.89. The van der Waals surface area contributed by atoms with E-state index in [0.717, 1.165) is 42.3 Å². The Morgan fingerprint density at radius 1 is 1.31 bits per heavy atom. The number of piperidine rings is 1. The lowest BCUT2D eigenvalue weighted by Gasteiger charge is -2.31. The summed E-state index contributed by atoms with van der Waals surface area (Å²) in [5.41, 5.74) is 1.14. The van der Waals surface area contributed by atoms with Crippen molar-refractivity contribution < 1.29 is 9.59 Å². The Labute approximate surface area is 196 Å². The zero-order valence-corrected chi connectivity index (χ0v) is 20.3. The van der Waals surface area contributed by atoms with Gasteiger partial charge in [0.1, 0.15) is 4.83 Å². The molecule has 7 nitrogen and oxygen atoms in total. The van der Waals surface area contributed by atoms with Crippen LogP contribution in [0.4, 0.5) is 0 Å². The molecular weight excluding hydrogens is 444 g/mol. The smallest absolute Gasteiger partial charge is 0.263 e. The van der Waals surface area contributed by atoms with Gasteiger partial charge >= 0.3 is 0 Å². The molecule has 0 saturated carbocycles. The van der Waals surface area contributed by atoms with Crippen LogP contribution in [-0.2, 0) is 29.0 Å². The topological polar surface area (TPSA) is 84.3 Å². The second kappa shape index (κ2) is 9.79. The first-order valence-electron chi connectivity index (χ1n) is 11.2. The quantitative estimate of drug-likeness (QED) is 0.395. The third kappa shape index (κ3) is 4.78. The van der Waals surface area contributed by atoms with Crippen LogP contribution in [0.2, 0.25) is 0 Å². The van der Waals surface area contributed by atoms with Crippen molar-refractivity contribution in [3.05, 3.63) is 33.4 Å². The molecule has 4 rings (SSSR count). The summed E-state index contributed by atoms with van der Waals surface area (Å²) >= 11 is 2.93. The summed E-state index contributed by atoms with van der Waals surface area (Å²) in [6, 6.07) is 0.0792. The van der Waals surface area contributed by atoms with Crippen molar-refractivity contribution >= 4 is 45.1 Å². The molecule has 2 aromatic rings. The van der Waals surface area contributed by atoms with E-state index in [2.05, 4.69) is 18.8 Å². The van der Waals surface area contributed by atoms with Crippen molar-refractivity contribution in [2.24, 2.45) is 5.92 Å². The standard InChI is InChI=1S/C23H30N4O3S2/c1-4-9-27-22(30)20-17-6-5-14(2)12-18(17)32-21(20)25-23(27)31-13-19(29)24-16-7-10-26(11-8-16)15(3)28/h4,14,16H,1,5-13H2,2-3H3,(H,24,29). The van der Waals surface area contributed by atoms with Crippen LogP contribution in [0.5, 0.6) is 0 Å². The molecule has 2 amide bonds. The van der Waals surface area contributed by atoms with Crippen LogP contribution >= 0.6 is 23.1 Å². The summed E-state index contributed by atoms with van der Waals surface area (Å²) in [6.07, 6.45) is 6.26. The van der Waals surface area contributed by atoms with E-state index in [1.54, 1.807) is 28.9 Å². The summed E-state index contributed by atoms with van der Waals surface area (Å²) in [4.78, 5) is 46.1. The van der Waals surface area contributed by atoms with Crippen molar-refractivity contribution in [1.29, 1.82) is 0 Å². The molecule has 0 bridgehead atoms. The Balaban J connectivity index is 1.48. The maximum atomic E-state index is 13.3. The van der Waals surface area contributed by atoms with Gasteiger partial charge in [0.05, 0.1) is 11.1 Å². The highest BCUT2D eigenvalue weighted by molar-refractivity contribution is 7.99. The Morgan fingerprint density at radius 2 is 2.06 bits per heavy atom. The third-order valence-corrected chi connectivity index (χ3v) is 8.45. The van der Waals surface area contributed by atoms with Crippen LogP contribution in [-0.4, -0.2) is 51.1 Å². The van der Waals surface area contributed by atoms with Gasteiger partial charge in [0, 0.05) is 37.5 Å². The number of thioether (sulfide) groups is 1. The number of hydrogen-bond acceptors (Lipinski definition) is 6. The molecule has 0 aromatic carbocycles. The average molecular weight is 475 g/mol. The van der Waals surface area contributed by atoms with Crippen molar-refractivity contribution in [2.75, 3.05) is 18.8 Å². The number of thiophene rings is 1. The Bertz CT molecular complexity index is 1100. The summed E-state index contributed by atoms with van der Waals surface area (Å²) < 4.78 is 1.64. The van der Waals surface area contributed by atoms with E-state index in [4.69, 9.17) is 4.98 Å². The van der Waals surface area contributed by atoms with Gasteiger partial charge < -0.3 is 10.2 Å². The number of nitrogens with one attached hydrogen (secondary N) is 1. The summed E-state index contributed by atoms with van der Waals surface area (Å²) in [6.45, 7) is 9.34. The lowest BCUT2D eigenvalue weighted by Crippen LogP contribution is -2.46. The number of allylic oxidation sites excluding steroid dienone is 1. The van der Waals surface area contributed by atoms with Gasteiger partial charge in [0.2, 0.25) is 11.8 Å². The van der Waals surface area contributed by atoms with E-state index < -0.39 is 0 Å². The Hall–Kier alpha value is -2.13. The average Bonchev–Trinajstić information content (AvgIpc) is 3.12. The van der Waals surface area contributed by atoms with Gasteiger partial charge in [-0.05, 0) is 43.6 Å². The molecule has 1 aliphatic carbocycles. The highest BCUT2D eigenvalue weighted by atomic mass is 32.2. The van der Waals surface area contributed by atoms with Gasteiger partial charge in [-0.15, -0.1) is 17.9 Å². The number of aromatic nitrogens is 2.